The van der Waals surface area contributed by atoms with Crippen molar-refractivity contribution < 1.29 is 0 Å². The maximum absolute atomic E-state index is 11.7. The quantitative estimate of drug-likeness (QED) is 0.739. The molecule has 4 nitrogen and oxygen atoms in total. The number of aromatic nitrogens is 2. The molecule has 0 saturated heterocycles. The topological polar surface area (TPSA) is 71.8 Å². The Bertz CT molecular complexity index is 557. The van der Waals surface area contributed by atoms with Gasteiger partial charge in [0, 0.05) is 11.8 Å². The first-order valence-electron chi connectivity index (χ1n) is 4.87. The third kappa shape index (κ3) is 1.70. The summed E-state index contributed by atoms with van der Waals surface area (Å²) in [5.41, 5.74) is 6.99. The van der Waals surface area contributed by atoms with Crippen LogP contribution in [-0.4, -0.2) is 9.97 Å². The third-order valence-electron chi connectivity index (χ3n) is 2.35. The maximum Gasteiger partial charge on any atom is 0.191 e. The predicted octanol–water partition coefficient (Wildman–Crippen LogP) is 1.63. The highest BCUT2D eigenvalue weighted by atomic mass is 16.1. The van der Waals surface area contributed by atoms with Gasteiger partial charge in [-0.2, -0.15) is 0 Å². The fourth-order valence-electron chi connectivity index (χ4n) is 1.47. The molecule has 0 aromatic carbocycles. The van der Waals surface area contributed by atoms with E-state index in [2.05, 4.69) is 9.97 Å². The summed E-state index contributed by atoms with van der Waals surface area (Å²) in [6.07, 6.45) is 0. The maximum atomic E-state index is 11.7. The van der Waals surface area contributed by atoms with E-state index in [0.29, 0.717) is 16.9 Å². The zero-order chi connectivity index (χ0) is 11.0. The first-order chi connectivity index (χ1) is 7.08. The largest absolute Gasteiger partial charge is 0.384 e. The zero-order valence-electron chi connectivity index (χ0n) is 8.74. The number of nitrogens with one attached hydrogen (secondary N) is 1. The Kier molecular flexibility index (Phi) is 2.19. The van der Waals surface area contributed by atoms with Crippen molar-refractivity contribution >= 4 is 16.9 Å². The lowest BCUT2D eigenvalue weighted by Gasteiger charge is -2.06. The summed E-state index contributed by atoms with van der Waals surface area (Å²) >= 11 is 0. The number of pyridine rings is 2. The van der Waals surface area contributed by atoms with Crippen LogP contribution in [-0.2, 0) is 0 Å². The van der Waals surface area contributed by atoms with Crippen molar-refractivity contribution in [2.45, 2.75) is 19.8 Å². The average molecular weight is 203 g/mol. The van der Waals surface area contributed by atoms with E-state index >= 15 is 0 Å². The summed E-state index contributed by atoms with van der Waals surface area (Å²) in [6, 6.07) is 4.94. The zero-order valence-corrected chi connectivity index (χ0v) is 8.74. The van der Waals surface area contributed by atoms with Crippen molar-refractivity contribution in [1.29, 1.82) is 0 Å². The fraction of sp³-hybridized carbons (Fsp3) is 0.273. The number of fused-ring (bicyclic) bond motifs is 1. The Hall–Kier alpha value is -1.84. The Morgan fingerprint density at radius 2 is 2.13 bits per heavy atom. The first-order valence-corrected chi connectivity index (χ1v) is 4.87. The molecule has 0 unspecified atom stereocenters. The van der Waals surface area contributed by atoms with Crippen LogP contribution in [0, 0.1) is 0 Å². The molecule has 15 heavy (non-hydrogen) atoms. The molecule has 0 spiro atoms. The van der Waals surface area contributed by atoms with E-state index in [1.54, 1.807) is 18.2 Å². The second-order valence-corrected chi connectivity index (χ2v) is 3.88. The SMILES string of the molecule is CC(C)c1cc(=O)c2ccc(N)nc2[nH]1. The molecule has 0 fully saturated rings. The number of nitrogens with two attached hydrogens (primary N) is 1. The van der Waals surface area contributed by atoms with Crippen molar-refractivity contribution in [1.82, 2.24) is 9.97 Å². The van der Waals surface area contributed by atoms with Gasteiger partial charge in [0.25, 0.3) is 0 Å². The van der Waals surface area contributed by atoms with Gasteiger partial charge < -0.3 is 10.7 Å². The highest BCUT2D eigenvalue weighted by molar-refractivity contribution is 5.76. The van der Waals surface area contributed by atoms with Crippen molar-refractivity contribution in [2.24, 2.45) is 0 Å². The molecule has 2 aromatic heterocycles. The van der Waals surface area contributed by atoms with E-state index in [1.807, 2.05) is 13.8 Å². The van der Waals surface area contributed by atoms with Crippen LogP contribution in [0.5, 0.6) is 0 Å². The number of anilines is 1. The minimum absolute atomic E-state index is 0.0139. The van der Waals surface area contributed by atoms with E-state index in [9.17, 15) is 4.79 Å². The van der Waals surface area contributed by atoms with Gasteiger partial charge in [-0.25, -0.2) is 4.98 Å². The molecule has 2 aromatic rings. The van der Waals surface area contributed by atoms with Gasteiger partial charge in [0.15, 0.2) is 5.43 Å². The second kappa shape index (κ2) is 3.38. The summed E-state index contributed by atoms with van der Waals surface area (Å²) in [6.45, 7) is 4.03. The van der Waals surface area contributed by atoms with Crippen LogP contribution in [0.4, 0.5) is 5.82 Å². The molecular weight excluding hydrogens is 190 g/mol. The van der Waals surface area contributed by atoms with Crippen molar-refractivity contribution in [3.8, 4) is 0 Å². The monoisotopic (exact) mass is 203 g/mol. The normalized spacial score (nSPS) is 11.1. The second-order valence-electron chi connectivity index (χ2n) is 3.88. The number of hydrogen-bond acceptors (Lipinski definition) is 3. The van der Waals surface area contributed by atoms with Crippen molar-refractivity contribution in [2.75, 3.05) is 5.73 Å². The highest BCUT2D eigenvalue weighted by Gasteiger charge is 2.05. The lowest BCUT2D eigenvalue weighted by atomic mass is 10.1. The third-order valence-corrected chi connectivity index (χ3v) is 2.35. The summed E-state index contributed by atoms with van der Waals surface area (Å²) in [5, 5.41) is 0.577. The molecule has 3 N–H and O–H groups in total. The van der Waals surface area contributed by atoms with Gasteiger partial charge in [0.2, 0.25) is 0 Å². The van der Waals surface area contributed by atoms with Gasteiger partial charge in [-0.1, -0.05) is 13.8 Å². The number of H-pyrrole nitrogens is 1. The van der Waals surface area contributed by atoms with Crippen LogP contribution in [0.2, 0.25) is 0 Å². The minimum Gasteiger partial charge on any atom is -0.384 e. The van der Waals surface area contributed by atoms with Gasteiger partial charge in [-0.15, -0.1) is 0 Å². The van der Waals surface area contributed by atoms with Crippen LogP contribution in [0.15, 0.2) is 23.0 Å². The van der Waals surface area contributed by atoms with Crippen LogP contribution in [0.1, 0.15) is 25.5 Å². The molecule has 0 aliphatic heterocycles. The molecule has 4 heteroatoms. The van der Waals surface area contributed by atoms with E-state index in [-0.39, 0.29) is 11.3 Å². The molecule has 0 radical (unpaired) electrons. The van der Waals surface area contributed by atoms with Crippen molar-refractivity contribution in [3.63, 3.8) is 0 Å². The molecule has 0 aliphatic rings. The van der Waals surface area contributed by atoms with E-state index in [4.69, 9.17) is 5.73 Å². The molecule has 2 rings (SSSR count). The number of rotatable bonds is 1. The number of nitrogens with zero attached hydrogens (tertiary/aromatic N) is 1. The predicted molar refractivity (Wildman–Crippen MR) is 60.9 cm³/mol. The van der Waals surface area contributed by atoms with Crippen LogP contribution >= 0.6 is 0 Å². The molecule has 78 valence electrons. The van der Waals surface area contributed by atoms with Gasteiger partial charge in [-0.05, 0) is 18.1 Å². The molecule has 0 aliphatic carbocycles. The van der Waals surface area contributed by atoms with Crippen molar-refractivity contribution in [3.05, 3.63) is 34.1 Å². The number of nitrogen functional groups attached to an aromatic ring is 1. The Morgan fingerprint density at radius 3 is 2.80 bits per heavy atom. The van der Waals surface area contributed by atoms with Gasteiger partial charge in [0.1, 0.15) is 11.5 Å². The van der Waals surface area contributed by atoms with E-state index in [0.717, 1.165) is 5.69 Å². The van der Waals surface area contributed by atoms with E-state index < -0.39 is 0 Å². The summed E-state index contributed by atoms with van der Waals surface area (Å²) in [5.74, 6) is 0.685. The Balaban J connectivity index is 2.80. The van der Waals surface area contributed by atoms with Gasteiger partial charge >= 0.3 is 0 Å². The fourth-order valence-corrected chi connectivity index (χ4v) is 1.47. The molecular formula is C11H13N3O. The minimum atomic E-state index is -0.0139. The molecule has 0 saturated carbocycles. The smallest absolute Gasteiger partial charge is 0.191 e. The Labute approximate surface area is 87.1 Å². The van der Waals surface area contributed by atoms with Crippen LogP contribution < -0.4 is 11.2 Å². The van der Waals surface area contributed by atoms with Crippen LogP contribution in [0.3, 0.4) is 0 Å². The molecule has 2 heterocycles. The van der Waals surface area contributed by atoms with E-state index in [1.165, 1.54) is 0 Å². The highest BCUT2D eigenvalue weighted by Crippen LogP contribution is 2.13. The number of aromatic amines is 1. The molecule has 0 amide bonds. The number of hydrogen-bond donors (Lipinski definition) is 2. The van der Waals surface area contributed by atoms with Gasteiger partial charge in [0.05, 0.1) is 5.39 Å². The standard InChI is InChI=1S/C11H13N3O/c1-6(2)8-5-9(15)7-3-4-10(12)14-11(7)13-8/h3-6H,1-2H3,(H3,12,13,14,15). The van der Waals surface area contributed by atoms with Gasteiger partial charge in [-0.3, -0.25) is 4.79 Å². The first kappa shape index (κ1) is 9.71. The molecule has 0 atom stereocenters. The lowest BCUT2D eigenvalue weighted by Crippen LogP contribution is -2.08. The summed E-state index contributed by atoms with van der Waals surface area (Å²) in [7, 11) is 0. The molecule has 0 bridgehead atoms. The summed E-state index contributed by atoms with van der Waals surface area (Å²) in [4.78, 5) is 18.9. The Morgan fingerprint density at radius 1 is 1.40 bits per heavy atom. The average Bonchev–Trinajstić information content (AvgIpc) is 2.16. The summed E-state index contributed by atoms with van der Waals surface area (Å²) < 4.78 is 0. The lowest BCUT2D eigenvalue weighted by molar-refractivity contribution is 0.826. The van der Waals surface area contributed by atoms with Crippen LogP contribution in [0.25, 0.3) is 11.0 Å².